The van der Waals surface area contributed by atoms with Gasteiger partial charge in [-0.15, -0.1) is 0 Å². The maximum absolute atomic E-state index is 15.4. The number of rotatable bonds is 8. The van der Waals surface area contributed by atoms with E-state index < -0.39 is 21.8 Å². The molecule has 0 spiro atoms. The second kappa shape index (κ2) is 9.86. The zero-order chi connectivity index (χ0) is 27.1. The molecule has 1 saturated heterocycles. The first-order chi connectivity index (χ1) is 18.8. The molecule has 4 aromatic rings. The number of benzene rings is 1. The lowest BCUT2D eigenvalue weighted by molar-refractivity contribution is -0.117. The lowest BCUT2D eigenvalue weighted by Crippen LogP contribution is -2.33. The number of aromatic amines is 1. The summed E-state index contributed by atoms with van der Waals surface area (Å²) in [4.78, 5) is 37.1. The van der Waals surface area contributed by atoms with Crippen molar-refractivity contribution in [1.82, 2.24) is 19.3 Å². The van der Waals surface area contributed by atoms with E-state index in [0.29, 0.717) is 35.5 Å². The molecular formula is C27H25FN6O4S. The number of halogens is 1. The highest BCUT2D eigenvalue weighted by Gasteiger charge is 2.30. The van der Waals surface area contributed by atoms with Crippen LogP contribution in [0.25, 0.3) is 22.2 Å². The lowest BCUT2D eigenvalue weighted by Gasteiger charge is -2.17. The molecule has 0 radical (unpaired) electrons. The van der Waals surface area contributed by atoms with Gasteiger partial charge in [0.2, 0.25) is 5.91 Å². The number of hydrogen-bond donors (Lipinski definition) is 3. The van der Waals surface area contributed by atoms with Crippen LogP contribution in [0.1, 0.15) is 41.6 Å². The number of nitrogens with zero attached hydrogens (tertiary/aromatic N) is 3. The van der Waals surface area contributed by atoms with Gasteiger partial charge in [-0.1, -0.05) is 6.07 Å². The van der Waals surface area contributed by atoms with Crippen LogP contribution in [0.2, 0.25) is 0 Å². The molecule has 39 heavy (non-hydrogen) atoms. The molecule has 1 aliphatic heterocycles. The molecule has 2 aliphatic rings. The van der Waals surface area contributed by atoms with Gasteiger partial charge in [0, 0.05) is 59.7 Å². The highest BCUT2D eigenvalue weighted by atomic mass is 32.2. The SMILES string of the molecule is O=C(c1cccc(NS(=O)(=O)N2CCCC2)c1F)c1c[nH]c2ncc(-c3ccc(NC(=O)C4CC4)nc3)cc12. The molecule has 0 atom stereocenters. The Morgan fingerprint density at radius 3 is 2.49 bits per heavy atom. The lowest BCUT2D eigenvalue weighted by atomic mass is 10.0. The molecule has 1 aromatic carbocycles. The Bertz CT molecular complexity index is 1690. The van der Waals surface area contributed by atoms with Gasteiger partial charge >= 0.3 is 10.2 Å². The summed E-state index contributed by atoms with van der Waals surface area (Å²) in [6, 6.07) is 9.29. The second-order valence-electron chi connectivity index (χ2n) is 9.73. The molecule has 2 fully saturated rings. The summed E-state index contributed by atoms with van der Waals surface area (Å²) in [5, 5.41) is 3.27. The van der Waals surface area contributed by atoms with E-state index in [1.807, 2.05) is 0 Å². The van der Waals surface area contributed by atoms with Crippen LogP contribution >= 0.6 is 0 Å². The Labute approximate surface area is 223 Å². The van der Waals surface area contributed by atoms with Crippen molar-refractivity contribution in [2.24, 2.45) is 5.92 Å². The molecule has 0 unspecified atom stereocenters. The maximum atomic E-state index is 15.4. The van der Waals surface area contributed by atoms with Crippen LogP contribution in [0, 0.1) is 11.7 Å². The summed E-state index contributed by atoms with van der Waals surface area (Å²) in [6.07, 6.45) is 7.98. The van der Waals surface area contributed by atoms with Gasteiger partial charge in [-0.3, -0.25) is 14.3 Å². The van der Waals surface area contributed by atoms with Crippen molar-refractivity contribution in [3.05, 3.63) is 71.9 Å². The maximum Gasteiger partial charge on any atom is 0.301 e. The normalized spacial score (nSPS) is 15.9. The standard InChI is InChI=1S/C27H25FN6O4S/c28-24-19(4-3-5-22(24)33-39(37,38)34-10-1-2-11-34)25(35)21-15-31-26-20(21)12-18(14-30-26)17-8-9-23(29-13-17)32-27(36)16-6-7-16/h3-5,8-9,12-16,33H,1-2,6-7,10-11H2,(H,30,31)(H,29,32,36). The van der Waals surface area contributed by atoms with Crippen LogP contribution in [-0.2, 0) is 15.0 Å². The third-order valence-electron chi connectivity index (χ3n) is 6.96. The predicted octanol–water partition coefficient (Wildman–Crippen LogP) is 4.10. The third-order valence-corrected chi connectivity index (χ3v) is 8.48. The van der Waals surface area contributed by atoms with Crippen molar-refractivity contribution in [3.8, 4) is 11.1 Å². The van der Waals surface area contributed by atoms with E-state index in [0.717, 1.165) is 31.2 Å². The number of ketones is 1. The quantitative estimate of drug-likeness (QED) is 0.284. The summed E-state index contributed by atoms with van der Waals surface area (Å²) < 4.78 is 44.3. The summed E-state index contributed by atoms with van der Waals surface area (Å²) in [7, 11) is -3.93. The molecule has 12 heteroatoms. The Balaban J connectivity index is 1.27. The fourth-order valence-electron chi connectivity index (χ4n) is 4.62. The fraction of sp³-hybridized carbons (Fsp3) is 0.259. The van der Waals surface area contributed by atoms with Crippen molar-refractivity contribution < 1.29 is 22.4 Å². The highest BCUT2D eigenvalue weighted by molar-refractivity contribution is 7.90. The van der Waals surface area contributed by atoms with Crippen LogP contribution in [0.3, 0.4) is 0 Å². The molecule has 1 saturated carbocycles. The largest absolute Gasteiger partial charge is 0.345 e. The molecule has 3 aromatic heterocycles. The van der Waals surface area contributed by atoms with Crippen LogP contribution in [0.4, 0.5) is 15.9 Å². The summed E-state index contributed by atoms with van der Waals surface area (Å²) in [5.41, 5.74) is 1.48. The van der Waals surface area contributed by atoms with E-state index in [2.05, 4.69) is 25.0 Å². The van der Waals surface area contributed by atoms with Crippen molar-refractivity contribution in [3.63, 3.8) is 0 Å². The van der Waals surface area contributed by atoms with E-state index in [4.69, 9.17) is 0 Å². The number of aromatic nitrogens is 3. The molecular weight excluding hydrogens is 523 g/mol. The number of nitrogens with one attached hydrogen (secondary N) is 3. The first-order valence-corrected chi connectivity index (χ1v) is 14.1. The van der Waals surface area contributed by atoms with Gasteiger partial charge in [0.25, 0.3) is 0 Å². The molecule has 10 nitrogen and oxygen atoms in total. The van der Waals surface area contributed by atoms with Gasteiger partial charge in [0.05, 0.1) is 11.3 Å². The number of pyridine rings is 2. The summed E-state index contributed by atoms with van der Waals surface area (Å²) in [6.45, 7) is 0.737. The predicted molar refractivity (Wildman–Crippen MR) is 144 cm³/mol. The topological polar surface area (TPSA) is 137 Å². The number of carbonyl (C=O) groups is 2. The van der Waals surface area contributed by atoms with Gasteiger partial charge in [0.1, 0.15) is 11.5 Å². The Kier molecular flexibility index (Phi) is 6.35. The first kappa shape index (κ1) is 25.1. The zero-order valence-electron chi connectivity index (χ0n) is 20.8. The molecule has 0 bridgehead atoms. The summed E-state index contributed by atoms with van der Waals surface area (Å²) >= 11 is 0. The number of amides is 1. The minimum Gasteiger partial charge on any atom is -0.345 e. The average molecular weight is 549 g/mol. The van der Waals surface area contributed by atoms with Gasteiger partial charge in [-0.05, 0) is 56.0 Å². The Morgan fingerprint density at radius 2 is 1.77 bits per heavy atom. The van der Waals surface area contributed by atoms with Gasteiger partial charge in [-0.25, -0.2) is 14.4 Å². The number of anilines is 2. The fourth-order valence-corrected chi connectivity index (χ4v) is 5.93. The monoisotopic (exact) mass is 548 g/mol. The second-order valence-corrected chi connectivity index (χ2v) is 11.4. The van der Waals surface area contributed by atoms with Crippen LogP contribution in [0.15, 0.2) is 55.0 Å². The Morgan fingerprint density at radius 1 is 1.00 bits per heavy atom. The van der Waals surface area contributed by atoms with Gasteiger partial charge in [0.15, 0.2) is 11.6 Å². The van der Waals surface area contributed by atoms with Gasteiger partial charge < -0.3 is 10.3 Å². The van der Waals surface area contributed by atoms with E-state index in [-0.39, 0.29) is 28.6 Å². The average Bonchev–Trinajstić information content (AvgIpc) is 3.45. The van der Waals surface area contributed by atoms with Crippen molar-refractivity contribution in [2.45, 2.75) is 25.7 Å². The first-order valence-electron chi connectivity index (χ1n) is 12.7. The number of H-pyrrole nitrogens is 1. The third kappa shape index (κ3) is 5.00. The smallest absolute Gasteiger partial charge is 0.301 e. The van der Waals surface area contributed by atoms with Crippen LogP contribution in [-0.4, -0.2) is 52.5 Å². The van der Waals surface area contributed by atoms with E-state index in [1.54, 1.807) is 30.6 Å². The molecule has 6 rings (SSSR count). The molecule has 1 amide bonds. The van der Waals surface area contributed by atoms with Gasteiger partial charge in [-0.2, -0.15) is 12.7 Å². The molecule has 200 valence electrons. The minimum absolute atomic E-state index is 0.0334. The molecule has 4 heterocycles. The minimum atomic E-state index is -3.93. The molecule has 1 aliphatic carbocycles. The van der Waals surface area contributed by atoms with E-state index in [9.17, 15) is 18.0 Å². The van der Waals surface area contributed by atoms with E-state index >= 15 is 4.39 Å². The molecule has 3 N–H and O–H groups in total. The van der Waals surface area contributed by atoms with Crippen molar-refractivity contribution in [2.75, 3.05) is 23.1 Å². The van der Waals surface area contributed by atoms with Crippen LogP contribution in [0.5, 0.6) is 0 Å². The number of carbonyl (C=O) groups excluding carboxylic acids is 2. The van der Waals surface area contributed by atoms with Crippen molar-refractivity contribution in [1.29, 1.82) is 0 Å². The van der Waals surface area contributed by atoms with Crippen LogP contribution < -0.4 is 10.0 Å². The zero-order valence-corrected chi connectivity index (χ0v) is 21.6. The summed E-state index contributed by atoms with van der Waals surface area (Å²) in [5.74, 6) is -1.07. The Hall–Kier alpha value is -4.16. The number of fused-ring (bicyclic) bond motifs is 1. The van der Waals surface area contributed by atoms with E-state index in [1.165, 1.54) is 28.7 Å². The number of hydrogen-bond acceptors (Lipinski definition) is 6. The van der Waals surface area contributed by atoms with Crippen molar-refractivity contribution >= 4 is 44.4 Å². The highest BCUT2D eigenvalue weighted by Crippen LogP contribution is 2.31.